The molecule has 2 atom stereocenters. The predicted octanol–water partition coefficient (Wildman–Crippen LogP) is 0.835. The number of unbranched alkanes of at least 4 members (excludes halogenated alkanes) is 3. The van der Waals surface area contributed by atoms with Crippen LogP contribution >= 0.6 is 23.8 Å². The highest BCUT2D eigenvalue weighted by Crippen LogP contribution is 2.18. The molecule has 1 aliphatic heterocycles. The van der Waals surface area contributed by atoms with E-state index in [0.29, 0.717) is 6.61 Å². The average molecular weight is 330 g/mol. The Morgan fingerprint density at radius 1 is 1.32 bits per heavy atom. The van der Waals surface area contributed by atoms with Crippen LogP contribution in [0.2, 0.25) is 0 Å². The molecule has 19 heavy (non-hydrogen) atoms. The van der Waals surface area contributed by atoms with Crippen LogP contribution in [0.25, 0.3) is 0 Å². The normalized spacial score (nSPS) is 25.2. The van der Waals surface area contributed by atoms with Gasteiger partial charge in [-0.25, -0.2) is 8.42 Å². The van der Waals surface area contributed by atoms with Crippen LogP contribution in [0.4, 0.5) is 0 Å². The number of hydrogen-bond acceptors (Lipinski definition) is 5. The van der Waals surface area contributed by atoms with Crippen molar-refractivity contribution in [3.05, 3.63) is 0 Å². The highest BCUT2D eigenvalue weighted by molar-refractivity contribution is 7.91. The number of aliphatic hydroxyl groups is 1. The second-order valence-electron chi connectivity index (χ2n) is 4.62. The summed E-state index contributed by atoms with van der Waals surface area (Å²) in [7, 11) is -3.06. The van der Waals surface area contributed by atoms with E-state index in [4.69, 9.17) is 33.7 Å². The maximum absolute atomic E-state index is 11.4. The molecule has 0 aromatic carbocycles. The molecular formula is C11H20ClNO4S2. The highest BCUT2D eigenvalue weighted by Gasteiger charge is 2.36. The van der Waals surface area contributed by atoms with Gasteiger partial charge in [0.2, 0.25) is 0 Å². The Balaban J connectivity index is 2.14. The van der Waals surface area contributed by atoms with Crippen molar-refractivity contribution in [1.29, 1.82) is 0 Å². The van der Waals surface area contributed by atoms with Crippen molar-refractivity contribution in [2.75, 3.05) is 24.7 Å². The lowest BCUT2D eigenvalue weighted by Crippen LogP contribution is -2.40. The van der Waals surface area contributed by atoms with Crippen molar-refractivity contribution in [3.63, 3.8) is 0 Å². The van der Waals surface area contributed by atoms with Crippen molar-refractivity contribution in [2.45, 2.75) is 37.1 Å². The lowest BCUT2D eigenvalue weighted by atomic mass is 10.2. The molecule has 0 aliphatic carbocycles. The van der Waals surface area contributed by atoms with Crippen LogP contribution in [0.5, 0.6) is 0 Å². The zero-order valence-electron chi connectivity index (χ0n) is 10.7. The van der Waals surface area contributed by atoms with Crippen LogP contribution in [0.15, 0.2) is 0 Å². The maximum atomic E-state index is 11.4. The van der Waals surface area contributed by atoms with Gasteiger partial charge in [-0.15, -0.1) is 11.6 Å². The first-order valence-electron chi connectivity index (χ1n) is 6.33. The number of ether oxygens (including phenoxy) is 1. The first-order chi connectivity index (χ1) is 8.94. The summed E-state index contributed by atoms with van der Waals surface area (Å²) in [5, 5.41) is 11.2. The third-order valence-electron chi connectivity index (χ3n) is 2.87. The molecule has 5 nitrogen and oxygen atoms in total. The monoisotopic (exact) mass is 329 g/mol. The third kappa shape index (κ3) is 6.74. The zero-order chi connectivity index (χ0) is 14.3. The number of hydrogen-bond donors (Lipinski definition) is 2. The van der Waals surface area contributed by atoms with Gasteiger partial charge in [0.25, 0.3) is 5.17 Å². The van der Waals surface area contributed by atoms with E-state index in [9.17, 15) is 8.42 Å². The van der Waals surface area contributed by atoms with Crippen molar-refractivity contribution < 1.29 is 18.3 Å². The van der Waals surface area contributed by atoms with Gasteiger partial charge in [-0.05, 0) is 31.5 Å². The number of thiocarbonyl (C=S) groups is 1. The van der Waals surface area contributed by atoms with E-state index in [2.05, 4.69) is 5.32 Å². The molecule has 0 bridgehead atoms. The Morgan fingerprint density at radius 2 is 2.00 bits per heavy atom. The van der Waals surface area contributed by atoms with E-state index in [-0.39, 0.29) is 29.3 Å². The molecule has 1 heterocycles. The summed E-state index contributed by atoms with van der Waals surface area (Å²) in [5.41, 5.74) is 0. The van der Waals surface area contributed by atoms with Crippen LogP contribution in [0.1, 0.15) is 25.7 Å². The summed E-state index contributed by atoms with van der Waals surface area (Å²) in [5.74, 6) is -0.0167. The summed E-state index contributed by atoms with van der Waals surface area (Å²) >= 11 is 10.9. The molecule has 112 valence electrons. The van der Waals surface area contributed by atoms with Crippen LogP contribution in [0.3, 0.4) is 0 Å². The van der Waals surface area contributed by atoms with E-state index in [1.165, 1.54) is 0 Å². The van der Waals surface area contributed by atoms with Gasteiger partial charge in [-0.2, -0.15) is 0 Å². The van der Waals surface area contributed by atoms with E-state index in [1.807, 2.05) is 0 Å². The van der Waals surface area contributed by atoms with Crippen molar-refractivity contribution in [1.82, 2.24) is 5.32 Å². The molecular weight excluding hydrogens is 310 g/mol. The Labute approximate surface area is 124 Å². The minimum atomic E-state index is -3.06. The van der Waals surface area contributed by atoms with Gasteiger partial charge in [0.1, 0.15) is 0 Å². The molecule has 1 rings (SSSR count). The van der Waals surface area contributed by atoms with Crippen molar-refractivity contribution in [2.24, 2.45) is 0 Å². The zero-order valence-corrected chi connectivity index (χ0v) is 13.1. The van der Waals surface area contributed by atoms with Crippen LogP contribution in [-0.2, 0) is 14.6 Å². The largest absolute Gasteiger partial charge is 0.471 e. The predicted molar refractivity (Wildman–Crippen MR) is 79.3 cm³/mol. The molecule has 0 amide bonds. The Kier molecular flexibility index (Phi) is 7.35. The Bertz CT molecular complexity index is 388. The molecule has 0 radical (unpaired) electrons. The van der Waals surface area contributed by atoms with Crippen LogP contribution in [0, 0.1) is 0 Å². The van der Waals surface area contributed by atoms with Gasteiger partial charge in [-0.1, -0.05) is 6.42 Å². The van der Waals surface area contributed by atoms with Crippen LogP contribution in [-0.4, -0.2) is 54.8 Å². The fourth-order valence-electron chi connectivity index (χ4n) is 1.86. The summed E-state index contributed by atoms with van der Waals surface area (Å²) in [6.45, 7) is 0.706. The quantitative estimate of drug-likeness (QED) is 0.409. The van der Waals surface area contributed by atoms with Gasteiger partial charge < -0.3 is 15.2 Å². The second-order valence-corrected chi connectivity index (χ2v) is 7.70. The van der Waals surface area contributed by atoms with Gasteiger partial charge in [0.15, 0.2) is 9.84 Å². The molecule has 1 saturated heterocycles. The number of alkyl halides is 1. The smallest absolute Gasteiger partial charge is 0.256 e. The van der Waals surface area contributed by atoms with Crippen molar-refractivity contribution >= 4 is 38.8 Å². The fraction of sp³-hybridized carbons (Fsp3) is 0.909. The SMILES string of the molecule is O=S1(=O)C[C@H](Cl)[C@H](NC(=S)OCCCCCCO)C1. The lowest BCUT2D eigenvalue weighted by molar-refractivity contribution is 0.266. The number of halogens is 1. The number of rotatable bonds is 7. The highest BCUT2D eigenvalue weighted by atomic mass is 35.5. The number of nitrogens with one attached hydrogen (secondary N) is 1. The van der Waals surface area contributed by atoms with E-state index < -0.39 is 15.2 Å². The summed E-state index contributed by atoms with van der Waals surface area (Å²) in [6.07, 6.45) is 3.59. The van der Waals surface area contributed by atoms with Gasteiger partial charge in [-0.3, -0.25) is 0 Å². The Hall–Kier alpha value is -0.110. The van der Waals surface area contributed by atoms with E-state index in [0.717, 1.165) is 25.7 Å². The second kappa shape index (κ2) is 8.24. The molecule has 0 saturated carbocycles. The molecule has 2 N–H and O–H groups in total. The minimum absolute atomic E-state index is 0.00116. The molecule has 1 aliphatic rings. The Morgan fingerprint density at radius 3 is 2.58 bits per heavy atom. The fourth-order valence-corrected chi connectivity index (χ4v) is 4.65. The number of aliphatic hydroxyl groups excluding tert-OH is 1. The maximum Gasteiger partial charge on any atom is 0.256 e. The average Bonchev–Trinajstić information content (AvgIpc) is 2.56. The van der Waals surface area contributed by atoms with Gasteiger partial charge in [0, 0.05) is 6.61 Å². The van der Waals surface area contributed by atoms with Crippen LogP contribution < -0.4 is 5.32 Å². The molecule has 0 aromatic rings. The standard InChI is InChI=1S/C11H20ClNO4S2/c12-9-7-19(15,16)8-10(9)13-11(18)17-6-4-2-1-3-5-14/h9-10,14H,1-8H2,(H,13,18)/t9-,10+/m0/s1. The molecule has 0 spiro atoms. The summed E-state index contributed by atoms with van der Waals surface area (Å²) in [4.78, 5) is 0. The summed E-state index contributed by atoms with van der Waals surface area (Å²) < 4.78 is 28.0. The number of sulfone groups is 1. The minimum Gasteiger partial charge on any atom is -0.471 e. The lowest BCUT2D eigenvalue weighted by Gasteiger charge is -2.16. The topological polar surface area (TPSA) is 75.6 Å². The van der Waals surface area contributed by atoms with Gasteiger partial charge in [0.05, 0.1) is 29.5 Å². The van der Waals surface area contributed by atoms with Crippen molar-refractivity contribution in [3.8, 4) is 0 Å². The molecule has 1 fully saturated rings. The van der Waals surface area contributed by atoms with Gasteiger partial charge >= 0.3 is 0 Å². The third-order valence-corrected chi connectivity index (χ3v) is 5.48. The molecule has 0 unspecified atom stereocenters. The van der Waals surface area contributed by atoms with E-state index >= 15 is 0 Å². The van der Waals surface area contributed by atoms with E-state index in [1.54, 1.807) is 0 Å². The molecule has 0 aromatic heterocycles. The molecule has 8 heteroatoms. The first kappa shape index (κ1) is 16.9. The first-order valence-corrected chi connectivity index (χ1v) is 9.00. The summed E-state index contributed by atoms with van der Waals surface area (Å²) in [6, 6.07) is -0.367.